The van der Waals surface area contributed by atoms with Crippen molar-refractivity contribution in [3.63, 3.8) is 0 Å². The van der Waals surface area contributed by atoms with E-state index in [0.717, 1.165) is 21.7 Å². The molecule has 0 spiro atoms. The number of rotatable bonds is 7. The van der Waals surface area contributed by atoms with Gasteiger partial charge in [0.15, 0.2) is 0 Å². The Labute approximate surface area is 219 Å². The fourth-order valence-electron chi connectivity index (χ4n) is 3.76. The number of benzene rings is 3. The minimum atomic E-state index is -0.626. The first-order valence-corrected chi connectivity index (χ1v) is 12.2. The molecule has 184 valence electrons. The van der Waals surface area contributed by atoms with Crippen LogP contribution in [0.3, 0.4) is 0 Å². The normalized spacial score (nSPS) is 13.6. The molecule has 4 rings (SSSR count). The van der Waals surface area contributed by atoms with E-state index in [9.17, 15) is 14.4 Å². The van der Waals surface area contributed by atoms with E-state index in [4.69, 9.17) is 23.2 Å². The summed E-state index contributed by atoms with van der Waals surface area (Å²) in [4.78, 5) is 39.1. The topological polar surface area (TPSA) is 78.5 Å². The Morgan fingerprint density at radius 1 is 0.889 bits per heavy atom. The van der Waals surface area contributed by atoms with Gasteiger partial charge in [0.05, 0.1) is 12.1 Å². The van der Waals surface area contributed by atoms with Crippen molar-refractivity contribution in [1.29, 1.82) is 0 Å². The number of amides is 3. The molecule has 1 heterocycles. The molecule has 0 atom stereocenters. The molecule has 0 radical (unpaired) electrons. The quantitative estimate of drug-likeness (QED) is 0.353. The monoisotopic (exact) mass is 521 g/mol. The second-order valence-electron chi connectivity index (χ2n) is 8.89. The van der Waals surface area contributed by atoms with E-state index in [0.29, 0.717) is 22.3 Å². The number of anilines is 3. The van der Waals surface area contributed by atoms with Gasteiger partial charge in [-0.05, 0) is 65.9 Å². The van der Waals surface area contributed by atoms with Gasteiger partial charge in [0, 0.05) is 16.4 Å². The highest BCUT2D eigenvalue weighted by Crippen LogP contribution is 2.32. The molecule has 3 aromatic carbocycles. The molecule has 2 N–H and O–H groups in total. The van der Waals surface area contributed by atoms with Crippen molar-refractivity contribution in [2.45, 2.75) is 33.1 Å². The predicted octanol–water partition coefficient (Wildman–Crippen LogP) is 6.39. The summed E-state index contributed by atoms with van der Waals surface area (Å²) in [5.74, 6) is -0.910. The maximum absolute atomic E-state index is 13.0. The van der Waals surface area contributed by atoms with Crippen molar-refractivity contribution in [2.75, 3.05) is 15.5 Å². The molecular weight excluding hydrogens is 497 g/mol. The number of hydrogen-bond donors (Lipinski definition) is 2. The second kappa shape index (κ2) is 10.6. The molecule has 0 fully saturated rings. The molecule has 0 aliphatic carbocycles. The van der Waals surface area contributed by atoms with E-state index in [2.05, 4.69) is 24.5 Å². The molecule has 0 saturated heterocycles. The second-order valence-corrected chi connectivity index (χ2v) is 9.68. The van der Waals surface area contributed by atoms with E-state index in [1.54, 1.807) is 42.5 Å². The van der Waals surface area contributed by atoms with Crippen LogP contribution in [0, 0.1) is 6.92 Å². The first-order valence-electron chi connectivity index (χ1n) is 11.4. The van der Waals surface area contributed by atoms with Crippen LogP contribution in [0.4, 0.5) is 17.1 Å². The SMILES string of the molecule is Cc1ccc(N2C(=O)C(Cl)=C(Nc3ccc(CC(=O)Nc4ccc(C(C)C)cc4)cc3)C2=O)cc1Cl. The van der Waals surface area contributed by atoms with Gasteiger partial charge in [-0.15, -0.1) is 0 Å². The Morgan fingerprint density at radius 3 is 2.14 bits per heavy atom. The third kappa shape index (κ3) is 5.45. The number of halogens is 2. The Balaban J connectivity index is 1.40. The van der Waals surface area contributed by atoms with Crippen molar-refractivity contribution < 1.29 is 14.4 Å². The van der Waals surface area contributed by atoms with Crippen molar-refractivity contribution in [1.82, 2.24) is 0 Å². The van der Waals surface area contributed by atoms with Crippen LogP contribution in [0.5, 0.6) is 0 Å². The molecule has 1 aliphatic heterocycles. The van der Waals surface area contributed by atoms with Crippen LogP contribution in [0.2, 0.25) is 5.02 Å². The van der Waals surface area contributed by atoms with Gasteiger partial charge in [0.2, 0.25) is 5.91 Å². The van der Waals surface area contributed by atoms with Gasteiger partial charge in [-0.3, -0.25) is 14.4 Å². The van der Waals surface area contributed by atoms with Crippen LogP contribution in [-0.4, -0.2) is 17.7 Å². The van der Waals surface area contributed by atoms with Crippen LogP contribution in [-0.2, 0) is 20.8 Å². The summed E-state index contributed by atoms with van der Waals surface area (Å²) in [6.45, 7) is 6.07. The lowest BCUT2D eigenvalue weighted by Gasteiger charge is -2.16. The minimum absolute atomic E-state index is 0.0197. The maximum Gasteiger partial charge on any atom is 0.283 e. The number of imide groups is 1. The summed E-state index contributed by atoms with van der Waals surface area (Å²) < 4.78 is 0. The summed E-state index contributed by atoms with van der Waals surface area (Å²) in [5.41, 5.74) is 4.45. The standard InChI is InChI=1S/C28H25Cl2N3O3/c1-16(2)19-7-11-20(12-8-19)31-24(34)14-18-5-9-21(10-6-18)32-26-25(30)27(35)33(28(26)36)22-13-4-17(3)23(29)15-22/h4-13,15-16,32H,14H2,1-3H3,(H,31,34). The number of nitrogens with one attached hydrogen (secondary N) is 2. The lowest BCUT2D eigenvalue weighted by atomic mass is 10.0. The Morgan fingerprint density at radius 2 is 1.53 bits per heavy atom. The summed E-state index contributed by atoms with van der Waals surface area (Å²) in [7, 11) is 0. The zero-order valence-corrected chi connectivity index (χ0v) is 21.6. The number of aryl methyl sites for hydroxylation is 1. The highest BCUT2D eigenvalue weighted by Gasteiger charge is 2.39. The fourth-order valence-corrected chi connectivity index (χ4v) is 4.15. The van der Waals surface area contributed by atoms with E-state index < -0.39 is 11.8 Å². The van der Waals surface area contributed by atoms with Gasteiger partial charge in [0.1, 0.15) is 10.7 Å². The highest BCUT2D eigenvalue weighted by molar-refractivity contribution is 6.53. The van der Waals surface area contributed by atoms with Crippen molar-refractivity contribution in [2.24, 2.45) is 0 Å². The third-order valence-corrected chi connectivity index (χ3v) is 6.65. The van der Waals surface area contributed by atoms with Crippen LogP contribution in [0.25, 0.3) is 0 Å². The van der Waals surface area contributed by atoms with Gasteiger partial charge >= 0.3 is 0 Å². The number of carbonyl (C=O) groups excluding carboxylic acids is 3. The zero-order valence-electron chi connectivity index (χ0n) is 20.1. The minimum Gasteiger partial charge on any atom is -0.350 e. The molecular formula is C28H25Cl2N3O3. The predicted molar refractivity (Wildman–Crippen MR) is 144 cm³/mol. The van der Waals surface area contributed by atoms with Crippen LogP contribution in [0.15, 0.2) is 77.5 Å². The summed E-state index contributed by atoms with van der Waals surface area (Å²) in [6, 6.07) is 19.7. The Bertz CT molecular complexity index is 1360. The van der Waals surface area contributed by atoms with E-state index in [1.807, 2.05) is 31.2 Å². The first-order chi connectivity index (χ1) is 17.1. The Hall–Kier alpha value is -3.61. The number of hydrogen-bond acceptors (Lipinski definition) is 4. The fraction of sp³-hybridized carbons (Fsp3) is 0.179. The lowest BCUT2D eigenvalue weighted by molar-refractivity contribution is -0.120. The van der Waals surface area contributed by atoms with Gasteiger partial charge < -0.3 is 10.6 Å². The number of nitrogens with zero attached hydrogens (tertiary/aromatic N) is 1. The summed E-state index contributed by atoms with van der Waals surface area (Å²) in [6.07, 6.45) is 0.190. The van der Waals surface area contributed by atoms with Crippen LogP contribution < -0.4 is 15.5 Å². The zero-order chi connectivity index (χ0) is 26.0. The average Bonchev–Trinajstić information content (AvgIpc) is 3.05. The molecule has 6 nitrogen and oxygen atoms in total. The van der Waals surface area contributed by atoms with Crippen molar-refractivity contribution >= 4 is 58.0 Å². The highest BCUT2D eigenvalue weighted by atomic mass is 35.5. The number of carbonyl (C=O) groups is 3. The van der Waals surface area contributed by atoms with Crippen LogP contribution in [0.1, 0.15) is 36.5 Å². The molecule has 0 bridgehead atoms. The van der Waals surface area contributed by atoms with Gasteiger partial charge in [0.25, 0.3) is 11.8 Å². The lowest BCUT2D eigenvalue weighted by Crippen LogP contribution is -2.32. The molecule has 0 saturated carbocycles. The molecule has 3 aromatic rings. The van der Waals surface area contributed by atoms with Gasteiger partial charge in [-0.25, -0.2) is 4.90 Å². The van der Waals surface area contributed by atoms with Crippen molar-refractivity contribution in [3.8, 4) is 0 Å². The smallest absolute Gasteiger partial charge is 0.283 e. The third-order valence-electron chi connectivity index (χ3n) is 5.89. The summed E-state index contributed by atoms with van der Waals surface area (Å²) in [5, 5.41) is 6.07. The van der Waals surface area contributed by atoms with E-state index in [1.165, 1.54) is 5.56 Å². The average molecular weight is 522 g/mol. The molecule has 1 aliphatic rings. The van der Waals surface area contributed by atoms with E-state index in [-0.39, 0.29) is 23.1 Å². The molecule has 0 aromatic heterocycles. The van der Waals surface area contributed by atoms with Gasteiger partial charge in [-0.1, -0.05) is 67.4 Å². The summed E-state index contributed by atoms with van der Waals surface area (Å²) >= 11 is 12.4. The molecule has 3 amide bonds. The maximum atomic E-state index is 13.0. The Kier molecular flexibility index (Phi) is 7.48. The first kappa shape index (κ1) is 25.5. The van der Waals surface area contributed by atoms with Crippen LogP contribution >= 0.6 is 23.2 Å². The van der Waals surface area contributed by atoms with E-state index >= 15 is 0 Å². The van der Waals surface area contributed by atoms with Gasteiger partial charge in [-0.2, -0.15) is 0 Å². The largest absolute Gasteiger partial charge is 0.350 e. The molecule has 0 unspecified atom stereocenters. The van der Waals surface area contributed by atoms with Crippen molar-refractivity contribution in [3.05, 3.63) is 99.2 Å². The molecule has 36 heavy (non-hydrogen) atoms. The molecule has 8 heteroatoms.